The molecule has 2 N–H and O–H groups in total. The van der Waals surface area contributed by atoms with Gasteiger partial charge in [0.15, 0.2) is 5.82 Å². The van der Waals surface area contributed by atoms with Crippen molar-refractivity contribution in [2.45, 2.75) is 24.9 Å². The molecule has 1 aromatic heterocycles. The monoisotopic (exact) mass is 345 g/mol. The highest BCUT2D eigenvalue weighted by Crippen LogP contribution is 2.33. The van der Waals surface area contributed by atoms with Crippen molar-refractivity contribution < 1.29 is 14.0 Å². The summed E-state index contributed by atoms with van der Waals surface area (Å²) in [6.07, 6.45) is 0.104. The summed E-state index contributed by atoms with van der Waals surface area (Å²) in [7, 11) is 1.80. The van der Waals surface area contributed by atoms with Gasteiger partial charge in [0.05, 0.1) is 5.52 Å². The second kappa shape index (κ2) is 6.11. The molecule has 2 saturated heterocycles. The maximum Gasteiger partial charge on any atom is 0.329 e. The fourth-order valence-electron chi connectivity index (χ4n) is 3.65. The quantitative estimate of drug-likeness (QED) is 0.863. The Bertz CT molecular complexity index is 849. The normalized spacial score (nSPS) is 24.6. The van der Waals surface area contributed by atoms with Crippen LogP contribution in [-0.4, -0.2) is 47.5 Å². The van der Waals surface area contributed by atoms with E-state index in [2.05, 4.69) is 15.7 Å². The van der Waals surface area contributed by atoms with E-state index in [4.69, 9.17) is 0 Å². The third-order valence-corrected chi connectivity index (χ3v) is 5.00. The summed E-state index contributed by atoms with van der Waals surface area (Å²) in [5, 5.41) is 10.7. The number of carbonyl (C=O) groups is 2. The average Bonchev–Trinajstić information content (AvgIpc) is 2.91. The molecule has 7 nitrogen and oxygen atoms in total. The Morgan fingerprint density at radius 1 is 1.32 bits per heavy atom. The van der Waals surface area contributed by atoms with Gasteiger partial charge in [0, 0.05) is 37.9 Å². The molecule has 25 heavy (non-hydrogen) atoms. The van der Waals surface area contributed by atoms with Crippen LogP contribution in [0.25, 0.3) is 10.9 Å². The molecule has 2 atom stereocenters. The Morgan fingerprint density at radius 3 is 2.92 bits per heavy atom. The van der Waals surface area contributed by atoms with Crippen molar-refractivity contribution in [3.8, 4) is 0 Å². The van der Waals surface area contributed by atoms with Crippen molar-refractivity contribution in [3.05, 3.63) is 23.8 Å². The number of rotatable bonds is 2. The fourth-order valence-corrected chi connectivity index (χ4v) is 3.65. The van der Waals surface area contributed by atoms with E-state index in [1.54, 1.807) is 11.7 Å². The number of benzene rings is 1. The molecule has 1 aromatic carbocycles. The Hall–Kier alpha value is -2.48. The van der Waals surface area contributed by atoms with Crippen molar-refractivity contribution in [2.24, 2.45) is 7.05 Å². The lowest BCUT2D eigenvalue weighted by molar-refractivity contribution is -0.120. The second-order valence-electron chi connectivity index (χ2n) is 6.59. The summed E-state index contributed by atoms with van der Waals surface area (Å²) >= 11 is 0. The van der Waals surface area contributed by atoms with E-state index in [0.717, 1.165) is 29.4 Å². The molecule has 0 aliphatic carbocycles. The number of alkyl halides is 1. The van der Waals surface area contributed by atoms with Crippen LogP contribution in [0, 0.1) is 0 Å². The van der Waals surface area contributed by atoms with Gasteiger partial charge in [0.25, 0.3) is 0 Å². The van der Waals surface area contributed by atoms with Crippen LogP contribution in [0.2, 0.25) is 0 Å². The van der Waals surface area contributed by atoms with E-state index in [-0.39, 0.29) is 18.2 Å². The molecular formula is C17H20FN5O2. The minimum Gasteiger partial charge on any atom is -0.314 e. The van der Waals surface area contributed by atoms with Gasteiger partial charge in [-0.1, -0.05) is 6.07 Å². The van der Waals surface area contributed by atoms with Crippen LogP contribution in [0.3, 0.4) is 0 Å². The van der Waals surface area contributed by atoms with Crippen LogP contribution in [0.1, 0.15) is 24.3 Å². The minimum atomic E-state index is -0.905. The van der Waals surface area contributed by atoms with Gasteiger partial charge in [-0.15, -0.1) is 0 Å². The number of aromatic nitrogens is 2. The molecule has 2 aliphatic rings. The standard InChI is InChI=1S/C17H20FN5O2/c1-22-14-8-10(11-4-6-19-9-13(11)18)2-3-12(14)16(21-22)23-7-5-15(24)20-17(23)25/h2-3,8,11,13,19H,4-7,9H2,1H3,(H,20,24,25). The smallest absolute Gasteiger partial charge is 0.314 e. The van der Waals surface area contributed by atoms with E-state index in [0.29, 0.717) is 18.9 Å². The number of nitrogens with zero attached hydrogens (tertiary/aromatic N) is 3. The van der Waals surface area contributed by atoms with E-state index >= 15 is 0 Å². The third-order valence-electron chi connectivity index (χ3n) is 5.00. The fraction of sp³-hybridized carbons (Fsp3) is 0.471. The number of hydrogen-bond donors (Lipinski definition) is 2. The number of piperidine rings is 1. The lowest BCUT2D eigenvalue weighted by Crippen LogP contribution is -2.49. The first kappa shape index (κ1) is 16.0. The summed E-state index contributed by atoms with van der Waals surface area (Å²) in [6.45, 7) is 1.49. The maximum absolute atomic E-state index is 14.2. The molecule has 3 heterocycles. The lowest BCUT2D eigenvalue weighted by atomic mass is 9.88. The average molecular weight is 345 g/mol. The number of halogens is 1. The highest BCUT2D eigenvalue weighted by Gasteiger charge is 2.29. The summed E-state index contributed by atoms with van der Waals surface area (Å²) in [5.41, 5.74) is 1.80. The highest BCUT2D eigenvalue weighted by molar-refractivity contribution is 6.08. The summed E-state index contributed by atoms with van der Waals surface area (Å²) in [5.74, 6) is 0.125. The lowest BCUT2D eigenvalue weighted by Gasteiger charge is -2.27. The van der Waals surface area contributed by atoms with Gasteiger partial charge in [-0.2, -0.15) is 5.10 Å². The van der Waals surface area contributed by atoms with Gasteiger partial charge >= 0.3 is 6.03 Å². The van der Waals surface area contributed by atoms with Crippen molar-refractivity contribution >= 4 is 28.7 Å². The molecule has 4 rings (SSSR count). The van der Waals surface area contributed by atoms with E-state index in [1.807, 2.05) is 18.2 Å². The number of fused-ring (bicyclic) bond motifs is 1. The van der Waals surface area contributed by atoms with Crippen LogP contribution < -0.4 is 15.5 Å². The number of aryl methyl sites for hydroxylation is 1. The van der Waals surface area contributed by atoms with Crippen molar-refractivity contribution in [1.29, 1.82) is 0 Å². The van der Waals surface area contributed by atoms with Gasteiger partial charge in [-0.3, -0.25) is 19.7 Å². The molecule has 2 unspecified atom stereocenters. The summed E-state index contributed by atoms with van der Waals surface area (Å²) < 4.78 is 15.9. The molecule has 0 saturated carbocycles. The molecule has 132 valence electrons. The predicted molar refractivity (Wildman–Crippen MR) is 91.3 cm³/mol. The summed E-state index contributed by atoms with van der Waals surface area (Å²) in [4.78, 5) is 24.9. The van der Waals surface area contributed by atoms with E-state index < -0.39 is 12.2 Å². The Kier molecular flexibility index (Phi) is 3.91. The molecule has 2 aliphatic heterocycles. The van der Waals surface area contributed by atoms with Crippen LogP contribution >= 0.6 is 0 Å². The van der Waals surface area contributed by atoms with Crippen LogP contribution in [0.4, 0.5) is 15.0 Å². The van der Waals surface area contributed by atoms with Gasteiger partial charge in [-0.25, -0.2) is 9.18 Å². The zero-order chi connectivity index (χ0) is 17.6. The van der Waals surface area contributed by atoms with Gasteiger partial charge in [-0.05, 0) is 30.7 Å². The number of nitrogens with one attached hydrogen (secondary N) is 2. The third kappa shape index (κ3) is 2.76. The minimum absolute atomic E-state index is 0.125. The molecule has 2 aromatic rings. The number of urea groups is 1. The van der Waals surface area contributed by atoms with E-state index in [1.165, 1.54) is 4.90 Å². The van der Waals surface area contributed by atoms with Crippen LogP contribution in [0.15, 0.2) is 18.2 Å². The first-order valence-corrected chi connectivity index (χ1v) is 8.47. The Balaban J connectivity index is 1.71. The Morgan fingerprint density at radius 2 is 2.16 bits per heavy atom. The molecule has 0 spiro atoms. The van der Waals surface area contributed by atoms with Gasteiger partial charge in [0.2, 0.25) is 5.91 Å². The number of carbonyl (C=O) groups excluding carboxylic acids is 2. The zero-order valence-corrected chi connectivity index (χ0v) is 14.0. The van der Waals surface area contributed by atoms with Crippen LogP contribution in [0.5, 0.6) is 0 Å². The van der Waals surface area contributed by atoms with Crippen molar-refractivity contribution in [1.82, 2.24) is 20.4 Å². The molecular weight excluding hydrogens is 325 g/mol. The number of hydrogen-bond acceptors (Lipinski definition) is 4. The van der Waals surface area contributed by atoms with E-state index in [9.17, 15) is 14.0 Å². The molecule has 0 radical (unpaired) electrons. The summed E-state index contributed by atoms with van der Waals surface area (Å²) in [6, 6.07) is 5.32. The Labute approximate surface area is 144 Å². The molecule has 3 amide bonds. The van der Waals surface area contributed by atoms with Crippen LogP contribution in [-0.2, 0) is 11.8 Å². The number of imide groups is 1. The van der Waals surface area contributed by atoms with Gasteiger partial charge < -0.3 is 5.32 Å². The first-order chi connectivity index (χ1) is 12.0. The number of anilines is 1. The molecule has 0 bridgehead atoms. The maximum atomic E-state index is 14.2. The largest absolute Gasteiger partial charge is 0.329 e. The van der Waals surface area contributed by atoms with Crippen molar-refractivity contribution in [2.75, 3.05) is 24.5 Å². The predicted octanol–water partition coefficient (Wildman–Crippen LogP) is 1.43. The topological polar surface area (TPSA) is 79.3 Å². The first-order valence-electron chi connectivity index (χ1n) is 8.47. The zero-order valence-electron chi connectivity index (χ0n) is 14.0. The van der Waals surface area contributed by atoms with Crippen molar-refractivity contribution in [3.63, 3.8) is 0 Å². The molecule has 2 fully saturated rings. The molecule has 8 heteroatoms. The number of amides is 3. The highest BCUT2D eigenvalue weighted by atomic mass is 19.1. The van der Waals surface area contributed by atoms with Gasteiger partial charge in [0.1, 0.15) is 6.17 Å². The second-order valence-corrected chi connectivity index (χ2v) is 6.59. The SMILES string of the molecule is Cn1nc(N2CCC(=O)NC2=O)c2ccc(C3CCNCC3F)cc21.